The highest BCUT2D eigenvalue weighted by Crippen LogP contribution is 2.74. The molecule has 0 aliphatic heterocycles. The zero-order valence-corrected chi connectivity index (χ0v) is 6.30. The Morgan fingerprint density at radius 2 is 2.45 bits per heavy atom. The third-order valence-corrected chi connectivity index (χ3v) is 3.07. The summed E-state index contributed by atoms with van der Waals surface area (Å²) >= 11 is 0. The van der Waals surface area contributed by atoms with E-state index >= 15 is 0 Å². The van der Waals surface area contributed by atoms with Crippen LogP contribution in [0.1, 0.15) is 30.9 Å². The van der Waals surface area contributed by atoms with Crippen LogP contribution in [0.5, 0.6) is 0 Å². The van der Waals surface area contributed by atoms with Gasteiger partial charge in [0.2, 0.25) is 0 Å². The van der Waals surface area contributed by atoms with Gasteiger partial charge in [-0.2, -0.15) is 5.10 Å². The molecule has 3 rings (SSSR count). The lowest BCUT2D eigenvalue weighted by Crippen LogP contribution is -1.81. The van der Waals surface area contributed by atoms with E-state index in [1.807, 2.05) is 6.07 Å². The van der Waals surface area contributed by atoms with Gasteiger partial charge in [-0.1, -0.05) is 0 Å². The Bertz CT molecular complexity index is 298. The predicted octanol–water partition coefficient (Wildman–Crippen LogP) is 1.26. The Balaban J connectivity index is 1.90. The first-order valence-electron chi connectivity index (χ1n) is 4.11. The van der Waals surface area contributed by atoms with Crippen LogP contribution >= 0.6 is 0 Å². The van der Waals surface area contributed by atoms with Gasteiger partial charge >= 0.3 is 0 Å². The van der Waals surface area contributed by atoms with Crippen LogP contribution in [0.25, 0.3) is 0 Å². The molecule has 1 heterocycles. The van der Waals surface area contributed by atoms with Crippen LogP contribution in [0.2, 0.25) is 0 Å². The number of anilines is 1. The molecular weight excluding hydrogens is 138 g/mol. The molecule has 3 N–H and O–H groups in total. The standard InChI is InChI=1S/C8H11N3/c9-7-3-6(10-11-7)5-4-8(5)1-2-8/h3,5H,1-2,4H2,(H3,9,10,11). The molecule has 0 bridgehead atoms. The monoisotopic (exact) mass is 149 g/mol. The number of hydrogen-bond acceptors (Lipinski definition) is 2. The fourth-order valence-electron chi connectivity index (χ4n) is 2.03. The summed E-state index contributed by atoms with van der Waals surface area (Å²) in [5.41, 5.74) is 7.47. The van der Waals surface area contributed by atoms with E-state index < -0.39 is 0 Å². The van der Waals surface area contributed by atoms with E-state index in [4.69, 9.17) is 5.73 Å². The van der Waals surface area contributed by atoms with Crippen LogP contribution in [0, 0.1) is 5.41 Å². The molecule has 1 unspecified atom stereocenters. The van der Waals surface area contributed by atoms with Gasteiger partial charge in [0.1, 0.15) is 5.82 Å². The smallest absolute Gasteiger partial charge is 0.145 e. The molecule has 0 radical (unpaired) electrons. The zero-order valence-electron chi connectivity index (χ0n) is 6.30. The minimum Gasteiger partial charge on any atom is -0.382 e. The van der Waals surface area contributed by atoms with Crippen LogP contribution in [0.15, 0.2) is 6.07 Å². The lowest BCUT2D eigenvalue weighted by atomic mass is 10.2. The Kier molecular flexibility index (Phi) is 0.739. The molecular formula is C8H11N3. The molecule has 0 aromatic carbocycles. The molecule has 1 aromatic heterocycles. The van der Waals surface area contributed by atoms with E-state index in [9.17, 15) is 0 Å². The first kappa shape index (κ1) is 5.63. The minimum absolute atomic E-state index is 0.628. The van der Waals surface area contributed by atoms with Crippen molar-refractivity contribution in [3.63, 3.8) is 0 Å². The zero-order chi connectivity index (χ0) is 7.47. The first-order chi connectivity index (χ1) is 5.30. The van der Waals surface area contributed by atoms with Crippen LogP contribution in [0.4, 0.5) is 5.82 Å². The van der Waals surface area contributed by atoms with Crippen LogP contribution < -0.4 is 5.73 Å². The highest BCUT2D eigenvalue weighted by Gasteiger charge is 2.63. The number of rotatable bonds is 1. The highest BCUT2D eigenvalue weighted by molar-refractivity contribution is 5.36. The number of nitrogens with zero attached hydrogens (tertiary/aromatic N) is 1. The SMILES string of the molecule is Nc1cc(C2CC23CC3)[nH]n1. The summed E-state index contributed by atoms with van der Waals surface area (Å²) in [6.07, 6.45) is 4.18. The number of nitrogen functional groups attached to an aromatic ring is 1. The lowest BCUT2D eigenvalue weighted by molar-refractivity contribution is 0.813. The van der Waals surface area contributed by atoms with Crippen LogP contribution in [0.3, 0.4) is 0 Å². The normalized spacial score (nSPS) is 30.7. The molecule has 0 saturated heterocycles. The lowest BCUT2D eigenvalue weighted by Gasteiger charge is -1.88. The van der Waals surface area contributed by atoms with Crippen molar-refractivity contribution in [1.29, 1.82) is 0 Å². The van der Waals surface area contributed by atoms with Gasteiger partial charge in [-0.25, -0.2) is 0 Å². The Morgan fingerprint density at radius 1 is 1.64 bits per heavy atom. The van der Waals surface area contributed by atoms with Crippen molar-refractivity contribution in [3.05, 3.63) is 11.8 Å². The summed E-state index contributed by atoms with van der Waals surface area (Å²) in [4.78, 5) is 0. The van der Waals surface area contributed by atoms with Gasteiger partial charge in [0.15, 0.2) is 0 Å². The molecule has 1 spiro atoms. The van der Waals surface area contributed by atoms with Crippen molar-refractivity contribution in [3.8, 4) is 0 Å². The number of nitrogens with two attached hydrogens (primary N) is 1. The van der Waals surface area contributed by atoms with E-state index in [1.54, 1.807) is 0 Å². The van der Waals surface area contributed by atoms with E-state index in [-0.39, 0.29) is 0 Å². The molecule has 3 heteroatoms. The quantitative estimate of drug-likeness (QED) is 0.631. The molecule has 2 saturated carbocycles. The number of H-pyrrole nitrogens is 1. The van der Waals surface area contributed by atoms with Gasteiger partial charge in [-0.15, -0.1) is 0 Å². The molecule has 2 fully saturated rings. The number of aromatic amines is 1. The van der Waals surface area contributed by atoms with E-state index in [0.29, 0.717) is 11.2 Å². The number of hydrogen-bond donors (Lipinski definition) is 2. The van der Waals surface area contributed by atoms with Gasteiger partial charge < -0.3 is 5.73 Å². The molecule has 0 amide bonds. The molecule has 1 aromatic rings. The van der Waals surface area contributed by atoms with E-state index in [1.165, 1.54) is 25.0 Å². The number of aromatic nitrogens is 2. The van der Waals surface area contributed by atoms with Gasteiger partial charge in [0.25, 0.3) is 0 Å². The first-order valence-corrected chi connectivity index (χ1v) is 4.11. The summed E-state index contributed by atoms with van der Waals surface area (Å²) in [6, 6.07) is 1.97. The summed E-state index contributed by atoms with van der Waals surface area (Å²) < 4.78 is 0. The predicted molar refractivity (Wildman–Crippen MR) is 42.0 cm³/mol. The molecule has 11 heavy (non-hydrogen) atoms. The van der Waals surface area contributed by atoms with Crippen molar-refractivity contribution >= 4 is 5.82 Å². The van der Waals surface area contributed by atoms with Gasteiger partial charge in [0.05, 0.1) is 0 Å². The third-order valence-electron chi connectivity index (χ3n) is 3.07. The Morgan fingerprint density at radius 3 is 2.91 bits per heavy atom. The van der Waals surface area contributed by atoms with Gasteiger partial charge in [0, 0.05) is 17.7 Å². The Hall–Kier alpha value is -0.990. The molecule has 2 aliphatic rings. The second kappa shape index (κ2) is 1.44. The minimum atomic E-state index is 0.628. The molecule has 2 aliphatic carbocycles. The van der Waals surface area contributed by atoms with Crippen molar-refractivity contribution in [1.82, 2.24) is 10.2 Å². The van der Waals surface area contributed by atoms with Crippen LogP contribution in [-0.2, 0) is 0 Å². The van der Waals surface area contributed by atoms with Crippen molar-refractivity contribution in [2.75, 3.05) is 5.73 Å². The van der Waals surface area contributed by atoms with Crippen molar-refractivity contribution in [2.45, 2.75) is 25.2 Å². The average Bonchev–Trinajstić information content (AvgIpc) is 2.87. The van der Waals surface area contributed by atoms with Gasteiger partial charge in [-0.05, 0) is 24.7 Å². The molecule has 3 nitrogen and oxygen atoms in total. The second-order valence-electron chi connectivity index (χ2n) is 3.87. The molecule has 58 valence electrons. The van der Waals surface area contributed by atoms with Gasteiger partial charge in [-0.3, -0.25) is 5.10 Å². The summed E-state index contributed by atoms with van der Waals surface area (Å²) in [5, 5.41) is 6.91. The maximum absolute atomic E-state index is 5.51. The third kappa shape index (κ3) is 0.654. The second-order valence-corrected chi connectivity index (χ2v) is 3.87. The molecule has 1 atom stereocenters. The van der Waals surface area contributed by atoms with E-state index in [0.717, 1.165) is 5.92 Å². The average molecular weight is 149 g/mol. The fraction of sp³-hybridized carbons (Fsp3) is 0.625. The summed E-state index contributed by atoms with van der Waals surface area (Å²) in [5.74, 6) is 1.38. The van der Waals surface area contributed by atoms with Crippen LogP contribution in [-0.4, -0.2) is 10.2 Å². The summed E-state index contributed by atoms with van der Waals surface area (Å²) in [6.45, 7) is 0. The van der Waals surface area contributed by atoms with Crippen molar-refractivity contribution in [2.24, 2.45) is 5.41 Å². The largest absolute Gasteiger partial charge is 0.382 e. The maximum Gasteiger partial charge on any atom is 0.145 e. The van der Waals surface area contributed by atoms with E-state index in [2.05, 4.69) is 10.2 Å². The summed E-state index contributed by atoms with van der Waals surface area (Å²) in [7, 11) is 0. The van der Waals surface area contributed by atoms with Crippen molar-refractivity contribution < 1.29 is 0 Å². The fourth-order valence-corrected chi connectivity index (χ4v) is 2.03. The topological polar surface area (TPSA) is 54.7 Å². The maximum atomic E-state index is 5.51. The Labute approximate surface area is 65.0 Å². The highest BCUT2D eigenvalue weighted by atomic mass is 15.2. The number of nitrogens with one attached hydrogen (secondary N) is 1.